The zero-order valence-electron chi connectivity index (χ0n) is 16.2. The minimum Gasteiger partial charge on any atom is -0.297 e. The van der Waals surface area contributed by atoms with Crippen LogP contribution in [0.2, 0.25) is 0 Å². The number of aromatic nitrogens is 3. The van der Waals surface area contributed by atoms with Crippen LogP contribution in [0.1, 0.15) is 0 Å². The van der Waals surface area contributed by atoms with Crippen molar-refractivity contribution in [3.8, 4) is 0 Å². The maximum Gasteiger partial charge on any atom is 0.163 e. The molecule has 144 valence electrons. The van der Waals surface area contributed by atoms with Crippen molar-refractivity contribution in [2.24, 2.45) is 0 Å². The zero-order chi connectivity index (χ0) is 20.1. The van der Waals surface area contributed by atoms with Gasteiger partial charge in [0.15, 0.2) is 5.65 Å². The molecule has 0 bridgehead atoms. The first-order chi connectivity index (χ1) is 15.4. The van der Waals surface area contributed by atoms with Gasteiger partial charge in [-0.1, -0.05) is 30.3 Å². The first kappa shape index (κ1) is 16.2. The van der Waals surface area contributed by atoms with Crippen molar-refractivity contribution in [1.82, 2.24) is 14.4 Å². The Balaban J connectivity index is 1.66. The first-order valence-electron chi connectivity index (χ1n) is 10.2. The Kier molecular flexibility index (Phi) is 2.91. The Morgan fingerprint density at radius 2 is 1.45 bits per heavy atom. The normalized spacial score (nSPS) is 12.5. The molecule has 0 saturated carbocycles. The average molecular weight is 432 g/mol. The van der Waals surface area contributed by atoms with Gasteiger partial charge in [0.1, 0.15) is 5.52 Å². The molecule has 8 aromatic rings. The predicted octanol–water partition coefficient (Wildman–Crippen LogP) is 7.77. The van der Waals surface area contributed by atoms with Gasteiger partial charge in [0, 0.05) is 69.7 Å². The zero-order valence-corrected chi connectivity index (χ0v) is 17.8. The minimum atomic E-state index is 0.915. The lowest BCUT2D eigenvalue weighted by Gasteiger charge is -2.09. The molecule has 0 unspecified atom stereocenters. The molecule has 0 aliphatic carbocycles. The molecule has 0 atom stereocenters. The molecule has 0 saturated heterocycles. The van der Waals surface area contributed by atoms with Crippen molar-refractivity contribution in [3.63, 3.8) is 0 Å². The van der Waals surface area contributed by atoms with Crippen LogP contribution in [0.5, 0.6) is 0 Å². The standard InChI is InChI=1S/C26H13N3S2/c1-2-6-19-14(4-1)17-12-22-18(13-21(17)30-19)23-20(31-22)8-7-16-15-5-3-9-27-24(15)26-28-10-11-29(26)25(16)23/h1-13H. The smallest absolute Gasteiger partial charge is 0.163 e. The Morgan fingerprint density at radius 1 is 0.613 bits per heavy atom. The molecule has 5 heteroatoms. The van der Waals surface area contributed by atoms with Gasteiger partial charge in [0.2, 0.25) is 0 Å². The summed E-state index contributed by atoms with van der Waals surface area (Å²) in [5.41, 5.74) is 3.08. The number of benzene rings is 3. The third-order valence-electron chi connectivity index (χ3n) is 6.30. The highest BCUT2D eigenvalue weighted by Gasteiger charge is 2.17. The van der Waals surface area contributed by atoms with Crippen molar-refractivity contribution in [2.45, 2.75) is 0 Å². The van der Waals surface area contributed by atoms with E-state index in [1.807, 2.05) is 41.1 Å². The molecule has 0 aliphatic heterocycles. The molecular weight excluding hydrogens is 418 g/mol. The summed E-state index contributed by atoms with van der Waals surface area (Å²) in [6.07, 6.45) is 5.78. The Bertz CT molecular complexity index is 2010. The first-order valence-corrected chi connectivity index (χ1v) is 11.8. The summed E-state index contributed by atoms with van der Waals surface area (Å²) in [7, 11) is 0. The highest BCUT2D eigenvalue weighted by molar-refractivity contribution is 7.27. The van der Waals surface area contributed by atoms with E-state index < -0.39 is 0 Å². The van der Waals surface area contributed by atoms with Crippen LogP contribution in [0.15, 0.2) is 79.3 Å². The molecule has 31 heavy (non-hydrogen) atoms. The van der Waals surface area contributed by atoms with E-state index in [1.54, 1.807) is 0 Å². The van der Waals surface area contributed by atoms with Crippen LogP contribution in [0.3, 0.4) is 0 Å². The lowest BCUT2D eigenvalue weighted by molar-refractivity contribution is 1.26. The van der Waals surface area contributed by atoms with E-state index in [4.69, 9.17) is 0 Å². The fourth-order valence-electron chi connectivity index (χ4n) is 5.00. The van der Waals surface area contributed by atoms with Crippen molar-refractivity contribution >= 4 is 90.5 Å². The van der Waals surface area contributed by atoms with Crippen LogP contribution in [-0.2, 0) is 0 Å². The van der Waals surface area contributed by atoms with Crippen LogP contribution in [0.25, 0.3) is 67.8 Å². The number of hydrogen-bond acceptors (Lipinski definition) is 4. The molecule has 0 spiro atoms. The van der Waals surface area contributed by atoms with Gasteiger partial charge in [0.05, 0.1) is 5.52 Å². The lowest BCUT2D eigenvalue weighted by Crippen LogP contribution is -1.92. The largest absolute Gasteiger partial charge is 0.297 e. The molecule has 0 aliphatic rings. The van der Waals surface area contributed by atoms with Crippen molar-refractivity contribution < 1.29 is 0 Å². The summed E-state index contributed by atoms with van der Waals surface area (Å²) < 4.78 is 7.54. The average Bonchev–Trinajstić information content (AvgIpc) is 3.52. The van der Waals surface area contributed by atoms with E-state index in [2.05, 4.69) is 75.2 Å². The maximum absolute atomic E-state index is 4.65. The molecule has 3 aromatic carbocycles. The quantitative estimate of drug-likeness (QED) is 0.230. The second kappa shape index (κ2) is 5.58. The number of fused-ring (bicyclic) bond motifs is 13. The molecule has 0 radical (unpaired) electrons. The van der Waals surface area contributed by atoms with Gasteiger partial charge in [0.25, 0.3) is 0 Å². The summed E-state index contributed by atoms with van der Waals surface area (Å²) in [6.45, 7) is 0. The van der Waals surface area contributed by atoms with E-state index in [1.165, 1.54) is 51.2 Å². The molecule has 0 amide bonds. The van der Waals surface area contributed by atoms with Crippen molar-refractivity contribution in [1.29, 1.82) is 0 Å². The van der Waals surface area contributed by atoms with Crippen LogP contribution < -0.4 is 0 Å². The third-order valence-corrected chi connectivity index (χ3v) is 8.55. The van der Waals surface area contributed by atoms with Crippen LogP contribution in [0, 0.1) is 0 Å². The molecule has 0 N–H and O–H groups in total. The highest BCUT2D eigenvalue weighted by Crippen LogP contribution is 2.44. The molecule has 3 nitrogen and oxygen atoms in total. The number of rotatable bonds is 0. The van der Waals surface area contributed by atoms with Gasteiger partial charge in [-0.25, -0.2) is 4.98 Å². The van der Waals surface area contributed by atoms with Crippen molar-refractivity contribution in [2.75, 3.05) is 0 Å². The number of thiophene rings is 2. The van der Waals surface area contributed by atoms with Gasteiger partial charge in [-0.3, -0.25) is 9.38 Å². The van der Waals surface area contributed by atoms with Crippen LogP contribution in [0.4, 0.5) is 0 Å². The second-order valence-electron chi connectivity index (χ2n) is 7.90. The number of imidazole rings is 1. The van der Waals surface area contributed by atoms with Gasteiger partial charge >= 0.3 is 0 Å². The Morgan fingerprint density at radius 3 is 2.45 bits per heavy atom. The van der Waals surface area contributed by atoms with Crippen LogP contribution in [-0.4, -0.2) is 14.4 Å². The number of nitrogens with zero attached hydrogens (tertiary/aromatic N) is 3. The summed E-state index contributed by atoms with van der Waals surface area (Å²) in [5.74, 6) is 0. The Labute approximate surface area is 183 Å². The topological polar surface area (TPSA) is 30.2 Å². The maximum atomic E-state index is 4.65. The molecule has 8 rings (SSSR count). The van der Waals surface area contributed by atoms with Crippen LogP contribution >= 0.6 is 22.7 Å². The number of pyridine rings is 2. The van der Waals surface area contributed by atoms with Crippen molar-refractivity contribution in [3.05, 3.63) is 79.3 Å². The van der Waals surface area contributed by atoms with Gasteiger partial charge in [-0.2, -0.15) is 0 Å². The summed E-state index contributed by atoms with van der Waals surface area (Å²) >= 11 is 3.75. The summed E-state index contributed by atoms with van der Waals surface area (Å²) in [6, 6.07) is 22.2. The molecule has 5 heterocycles. The highest BCUT2D eigenvalue weighted by atomic mass is 32.1. The minimum absolute atomic E-state index is 0.915. The SMILES string of the molecule is c1ccc2c(c1)sc1cc3c(cc12)sc1ccc2c4cccnc4c4nccn4c2c13. The summed E-state index contributed by atoms with van der Waals surface area (Å²) in [4.78, 5) is 9.30. The fraction of sp³-hybridized carbons (Fsp3) is 0. The van der Waals surface area contributed by atoms with E-state index in [0.29, 0.717) is 0 Å². The number of hydrogen-bond donors (Lipinski definition) is 0. The monoisotopic (exact) mass is 431 g/mol. The second-order valence-corrected chi connectivity index (χ2v) is 10.1. The lowest BCUT2D eigenvalue weighted by atomic mass is 10.0. The predicted molar refractivity (Wildman–Crippen MR) is 134 cm³/mol. The summed E-state index contributed by atoms with van der Waals surface area (Å²) in [5, 5.41) is 7.71. The van der Waals surface area contributed by atoms with E-state index >= 15 is 0 Å². The molecular formula is C26H13N3S2. The molecule has 0 fully saturated rings. The van der Waals surface area contributed by atoms with E-state index in [0.717, 1.165) is 16.6 Å². The molecule has 5 aromatic heterocycles. The van der Waals surface area contributed by atoms with E-state index in [9.17, 15) is 0 Å². The fourth-order valence-corrected chi connectivity index (χ4v) is 7.25. The van der Waals surface area contributed by atoms with E-state index in [-0.39, 0.29) is 0 Å². The van der Waals surface area contributed by atoms with Gasteiger partial charge < -0.3 is 0 Å². The third kappa shape index (κ3) is 1.98. The van der Waals surface area contributed by atoms with Gasteiger partial charge in [-0.15, -0.1) is 22.7 Å². The van der Waals surface area contributed by atoms with Gasteiger partial charge in [-0.05, 0) is 30.3 Å². The Hall–Kier alpha value is -3.54.